The summed E-state index contributed by atoms with van der Waals surface area (Å²) >= 11 is 0. The van der Waals surface area contributed by atoms with Gasteiger partial charge in [-0.3, -0.25) is 0 Å². The highest BCUT2D eigenvalue weighted by atomic mass is 16.5. The zero-order chi connectivity index (χ0) is 15.8. The van der Waals surface area contributed by atoms with Crippen LogP contribution in [0, 0.1) is 0 Å². The van der Waals surface area contributed by atoms with Gasteiger partial charge < -0.3 is 9.84 Å². The van der Waals surface area contributed by atoms with Gasteiger partial charge in [0.05, 0.1) is 0 Å². The Balaban J connectivity index is 2.14. The highest BCUT2D eigenvalue weighted by Gasteiger charge is 2.07. The van der Waals surface area contributed by atoms with Crippen molar-refractivity contribution in [1.29, 1.82) is 0 Å². The molecule has 0 heterocycles. The van der Waals surface area contributed by atoms with Crippen LogP contribution in [-0.4, -0.2) is 17.7 Å². The molecule has 0 aliphatic rings. The molecular weight excluding hydrogens is 276 g/mol. The van der Waals surface area contributed by atoms with Crippen LogP contribution in [-0.2, 0) is 11.2 Å². The van der Waals surface area contributed by atoms with Gasteiger partial charge in [-0.1, -0.05) is 42.5 Å². The lowest BCUT2D eigenvalue weighted by Gasteiger charge is -2.11. The van der Waals surface area contributed by atoms with E-state index in [2.05, 4.69) is 24.3 Å². The van der Waals surface area contributed by atoms with E-state index in [1.165, 1.54) is 12.0 Å². The van der Waals surface area contributed by atoms with E-state index in [1.807, 2.05) is 31.2 Å². The van der Waals surface area contributed by atoms with E-state index in [4.69, 9.17) is 9.84 Å². The summed E-state index contributed by atoms with van der Waals surface area (Å²) in [5.41, 5.74) is 1.29. The number of aliphatic carboxylic acids is 1. The van der Waals surface area contributed by atoms with Crippen molar-refractivity contribution in [2.75, 3.05) is 6.61 Å². The Morgan fingerprint density at radius 2 is 1.91 bits per heavy atom. The van der Waals surface area contributed by atoms with Crippen molar-refractivity contribution in [3.63, 3.8) is 0 Å². The Morgan fingerprint density at radius 3 is 2.68 bits per heavy atom. The normalized spacial score (nSPS) is 11.1. The molecule has 2 aromatic rings. The largest absolute Gasteiger partial charge is 0.481 e. The molecule has 0 aliphatic carbocycles. The number of benzene rings is 2. The van der Waals surface area contributed by atoms with E-state index in [0.29, 0.717) is 5.75 Å². The number of fused-ring (bicyclic) bond motifs is 1. The van der Waals surface area contributed by atoms with Crippen LogP contribution in [0.2, 0.25) is 0 Å². The number of carboxylic acid groups (broad SMARTS) is 1. The maximum absolute atomic E-state index is 10.7. The summed E-state index contributed by atoms with van der Waals surface area (Å²) < 4.78 is 5.38. The Bertz CT molecular complexity index is 659. The van der Waals surface area contributed by atoms with E-state index in [9.17, 15) is 4.79 Å². The zero-order valence-corrected chi connectivity index (χ0v) is 12.9. The van der Waals surface area contributed by atoms with E-state index in [0.717, 1.165) is 30.0 Å². The topological polar surface area (TPSA) is 46.5 Å². The van der Waals surface area contributed by atoms with Gasteiger partial charge >= 0.3 is 5.97 Å². The minimum absolute atomic E-state index is 0.313. The van der Waals surface area contributed by atoms with E-state index in [1.54, 1.807) is 0 Å². The molecule has 0 saturated heterocycles. The molecule has 0 atom stereocenters. The number of hydrogen-bond acceptors (Lipinski definition) is 2. The molecule has 1 N–H and O–H groups in total. The second-order valence-corrected chi connectivity index (χ2v) is 5.27. The van der Waals surface area contributed by atoms with Gasteiger partial charge in [-0.05, 0) is 49.6 Å². The van der Waals surface area contributed by atoms with Gasteiger partial charge in [0.2, 0.25) is 0 Å². The van der Waals surface area contributed by atoms with Crippen LogP contribution in [0.25, 0.3) is 10.8 Å². The summed E-state index contributed by atoms with van der Waals surface area (Å²) in [5, 5.41) is 10.9. The number of ether oxygens (including phenoxy) is 1. The van der Waals surface area contributed by atoms with Crippen LogP contribution in [0.4, 0.5) is 0 Å². The van der Waals surface area contributed by atoms with Gasteiger partial charge in [0.1, 0.15) is 5.75 Å². The second kappa shape index (κ2) is 8.23. The fraction of sp³-hybridized carbons (Fsp3) is 0.316. The first-order chi connectivity index (χ1) is 10.7. The predicted molar refractivity (Wildman–Crippen MR) is 89.4 cm³/mol. The molecule has 3 heteroatoms. The molecule has 0 radical (unpaired) electrons. The van der Waals surface area contributed by atoms with Crippen LogP contribution >= 0.6 is 0 Å². The lowest BCUT2D eigenvalue weighted by Crippen LogP contribution is -2.09. The van der Waals surface area contributed by atoms with Gasteiger partial charge in [-0.15, -0.1) is 0 Å². The van der Waals surface area contributed by atoms with Crippen LogP contribution in [0.3, 0.4) is 0 Å². The summed E-state index contributed by atoms with van der Waals surface area (Å²) in [7, 11) is 0. The summed E-state index contributed by atoms with van der Waals surface area (Å²) in [6.45, 7) is 1.73. The van der Waals surface area contributed by atoms with E-state index in [-0.39, 0.29) is 6.61 Å². The Labute approximate surface area is 131 Å². The Morgan fingerprint density at radius 1 is 1.14 bits per heavy atom. The van der Waals surface area contributed by atoms with Gasteiger partial charge in [0.25, 0.3) is 0 Å². The summed E-state index contributed by atoms with van der Waals surface area (Å²) in [5.74, 6) is -0.326. The van der Waals surface area contributed by atoms with Crippen LogP contribution in [0.5, 0.6) is 5.75 Å². The molecule has 0 spiro atoms. The molecule has 0 fully saturated rings. The first-order valence-electron chi connectivity index (χ1n) is 7.68. The Kier molecular flexibility index (Phi) is 6.01. The third-order valence-electron chi connectivity index (χ3n) is 3.63. The lowest BCUT2D eigenvalue weighted by atomic mass is 9.99. The highest BCUT2D eigenvalue weighted by Crippen LogP contribution is 2.28. The molecule has 0 amide bonds. The average Bonchev–Trinajstić information content (AvgIpc) is 2.52. The van der Waals surface area contributed by atoms with Crippen LogP contribution in [0.1, 0.15) is 31.7 Å². The SMILES string of the molecule is C/C=C/CCCCc1cccc2c(OCC(=O)O)cccc12. The van der Waals surface area contributed by atoms with Crippen molar-refractivity contribution < 1.29 is 14.6 Å². The minimum Gasteiger partial charge on any atom is -0.481 e. The average molecular weight is 298 g/mol. The van der Waals surface area contributed by atoms with E-state index < -0.39 is 5.97 Å². The maximum atomic E-state index is 10.7. The second-order valence-electron chi connectivity index (χ2n) is 5.27. The number of carboxylic acids is 1. The maximum Gasteiger partial charge on any atom is 0.341 e. The molecule has 2 rings (SSSR count). The summed E-state index contributed by atoms with van der Waals surface area (Å²) in [6, 6.07) is 11.9. The van der Waals surface area contributed by atoms with Crippen molar-refractivity contribution >= 4 is 16.7 Å². The standard InChI is InChI=1S/C19H22O3/c1-2-3-4-5-6-9-15-10-7-12-17-16(15)11-8-13-18(17)22-14-19(20)21/h2-3,7-8,10-13H,4-6,9,14H2,1H3,(H,20,21)/b3-2+. The molecule has 0 unspecified atom stereocenters. The van der Waals surface area contributed by atoms with Gasteiger partial charge in [0.15, 0.2) is 6.61 Å². The quantitative estimate of drug-likeness (QED) is 0.572. The molecule has 3 nitrogen and oxygen atoms in total. The van der Waals surface area contributed by atoms with Crippen LogP contribution in [0.15, 0.2) is 48.6 Å². The van der Waals surface area contributed by atoms with Gasteiger partial charge in [0, 0.05) is 5.39 Å². The predicted octanol–water partition coefficient (Wildman–Crippen LogP) is 4.59. The van der Waals surface area contributed by atoms with Gasteiger partial charge in [-0.25, -0.2) is 4.79 Å². The highest BCUT2D eigenvalue weighted by molar-refractivity contribution is 5.91. The van der Waals surface area contributed by atoms with Crippen molar-refractivity contribution in [2.24, 2.45) is 0 Å². The molecule has 116 valence electrons. The Hall–Kier alpha value is -2.29. The number of carbonyl (C=O) groups is 1. The first-order valence-corrected chi connectivity index (χ1v) is 7.68. The van der Waals surface area contributed by atoms with Crippen molar-refractivity contribution in [2.45, 2.75) is 32.6 Å². The fourth-order valence-electron chi connectivity index (χ4n) is 2.57. The van der Waals surface area contributed by atoms with Crippen molar-refractivity contribution in [3.05, 3.63) is 54.1 Å². The van der Waals surface area contributed by atoms with Crippen LogP contribution < -0.4 is 4.74 Å². The van der Waals surface area contributed by atoms with Gasteiger partial charge in [-0.2, -0.15) is 0 Å². The first kappa shape index (κ1) is 16.1. The number of rotatable bonds is 8. The molecule has 2 aromatic carbocycles. The van der Waals surface area contributed by atoms with Crippen molar-refractivity contribution in [1.82, 2.24) is 0 Å². The molecule has 0 bridgehead atoms. The summed E-state index contributed by atoms with van der Waals surface area (Å²) in [4.78, 5) is 10.7. The third kappa shape index (κ3) is 4.35. The number of allylic oxidation sites excluding steroid dienone is 2. The molecule has 0 aliphatic heterocycles. The smallest absolute Gasteiger partial charge is 0.341 e. The number of unbranched alkanes of at least 4 members (excludes halogenated alkanes) is 2. The van der Waals surface area contributed by atoms with E-state index >= 15 is 0 Å². The third-order valence-corrected chi connectivity index (χ3v) is 3.63. The lowest BCUT2D eigenvalue weighted by molar-refractivity contribution is -0.139. The monoisotopic (exact) mass is 298 g/mol. The van der Waals surface area contributed by atoms with Crippen molar-refractivity contribution in [3.8, 4) is 5.75 Å². The number of hydrogen-bond donors (Lipinski definition) is 1. The fourth-order valence-corrected chi connectivity index (χ4v) is 2.57. The molecule has 0 aromatic heterocycles. The minimum atomic E-state index is -0.961. The molecular formula is C19H22O3. The molecule has 0 saturated carbocycles. The zero-order valence-electron chi connectivity index (χ0n) is 12.9. The number of aryl methyl sites for hydroxylation is 1. The molecule has 22 heavy (non-hydrogen) atoms. The summed E-state index contributed by atoms with van der Waals surface area (Å²) in [6.07, 6.45) is 8.75.